The van der Waals surface area contributed by atoms with Crippen LogP contribution in [-0.4, -0.2) is 52.5 Å². The first-order valence-electron chi connectivity index (χ1n) is 4.34. The van der Waals surface area contributed by atoms with Crippen LogP contribution in [0.2, 0.25) is 0 Å². The van der Waals surface area contributed by atoms with Crippen LogP contribution in [-0.2, 0) is 4.79 Å². The summed E-state index contributed by atoms with van der Waals surface area (Å²) in [5.74, 6) is 0. The van der Waals surface area contributed by atoms with Crippen LogP contribution in [0.5, 0.6) is 0 Å². The van der Waals surface area contributed by atoms with Crippen molar-refractivity contribution in [1.82, 2.24) is 0 Å². The summed E-state index contributed by atoms with van der Waals surface area (Å²) in [6.45, 7) is 0.188. The van der Waals surface area contributed by atoms with Gasteiger partial charge < -0.3 is 4.79 Å². The van der Waals surface area contributed by atoms with Crippen molar-refractivity contribution in [1.29, 1.82) is 0 Å². The summed E-state index contributed by atoms with van der Waals surface area (Å²) in [4.78, 5) is 19.9. The second-order valence-corrected chi connectivity index (χ2v) is 2.80. The SMILES string of the molecule is O=CCCCCCCC[N+](=O)O.[NaH]. The van der Waals surface area contributed by atoms with Crippen molar-refractivity contribution < 1.29 is 14.9 Å². The van der Waals surface area contributed by atoms with Gasteiger partial charge in [-0.2, -0.15) is 0 Å². The summed E-state index contributed by atoms with van der Waals surface area (Å²) in [6, 6.07) is 0. The predicted octanol–water partition coefficient (Wildman–Crippen LogP) is 1.05. The fourth-order valence-electron chi connectivity index (χ4n) is 1.01. The zero-order chi connectivity index (χ0) is 9.23. The molecule has 72 valence electrons. The van der Waals surface area contributed by atoms with Gasteiger partial charge in [0.1, 0.15) is 6.29 Å². The van der Waals surface area contributed by atoms with E-state index in [1.807, 2.05) is 0 Å². The van der Waals surface area contributed by atoms with E-state index in [1.54, 1.807) is 0 Å². The fourth-order valence-corrected chi connectivity index (χ4v) is 1.01. The van der Waals surface area contributed by atoms with Gasteiger partial charge >= 0.3 is 29.6 Å². The molecular formula is C8H17NNaO3+. The monoisotopic (exact) mass is 198 g/mol. The number of hydrogen-bond acceptors (Lipinski definition) is 2. The molecule has 0 atom stereocenters. The van der Waals surface area contributed by atoms with Crippen LogP contribution in [0.4, 0.5) is 0 Å². The van der Waals surface area contributed by atoms with Gasteiger partial charge in [-0.1, -0.05) is 12.8 Å². The van der Waals surface area contributed by atoms with Crippen LogP contribution in [0.15, 0.2) is 0 Å². The first-order chi connectivity index (χ1) is 5.77. The van der Waals surface area contributed by atoms with Crippen molar-refractivity contribution in [2.24, 2.45) is 0 Å². The van der Waals surface area contributed by atoms with Crippen LogP contribution in [0.25, 0.3) is 0 Å². The third-order valence-corrected chi connectivity index (χ3v) is 1.67. The molecule has 0 aromatic heterocycles. The number of carbonyl (C=O) groups is 1. The molecule has 0 amide bonds. The molecule has 0 bridgehead atoms. The molecule has 0 unspecified atom stereocenters. The summed E-state index contributed by atoms with van der Waals surface area (Å²) in [6.07, 6.45) is 6.22. The molecule has 0 spiro atoms. The molecule has 1 N–H and O–H groups in total. The van der Waals surface area contributed by atoms with E-state index in [-0.39, 0.29) is 41.0 Å². The summed E-state index contributed by atoms with van der Waals surface area (Å²) >= 11 is 0. The van der Waals surface area contributed by atoms with Crippen molar-refractivity contribution >= 4 is 35.8 Å². The zero-order valence-electron chi connectivity index (χ0n) is 7.24. The predicted molar refractivity (Wildman–Crippen MR) is 51.2 cm³/mol. The van der Waals surface area contributed by atoms with E-state index in [2.05, 4.69) is 0 Å². The molecule has 0 rings (SSSR count). The first-order valence-corrected chi connectivity index (χ1v) is 4.34. The minimum absolute atomic E-state index is 0. The number of nitrogens with zero attached hydrogens (tertiary/aromatic N) is 1. The minimum atomic E-state index is -0.0363. The Bertz CT molecular complexity index is 141. The molecule has 0 fully saturated rings. The number of aldehydes is 1. The molecular weight excluding hydrogens is 181 g/mol. The van der Waals surface area contributed by atoms with Gasteiger partial charge in [0, 0.05) is 12.8 Å². The van der Waals surface area contributed by atoms with E-state index < -0.39 is 0 Å². The third kappa shape index (κ3) is 14.9. The van der Waals surface area contributed by atoms with Crippen molar-refractivity contribution in [2.45, 2.75) is 38.5 Å². The van der Waals surface area contributed by atoms with Crippen LogP contribution >= 0.6 is 0 Å². The zero-order valence-corrected chi connectivity index (χ0v) is 7.24. The molecule has 0 saturated carbocycles. The average Bonchev–Trinajstić information content (AvgIpc) is 2.02. The summed E-state index contributed by atoms with van der Waals surface area (Å²) in [7, 11) is 0. The first kappa shape index (κ1) is 15.5. The van der Waals surface area contributed by atoms with Gasteiger partial charge in [0.05, 0.1) is 4.91 Å². The van der Waals surface area contributed by atoms with Crippen molar-refractivity contribution in [3.8, 4) is 0 Å². The molecule has 0 aliphatic heterocycles. The Morgan fingerprint density at radius 3 is 2.15 bits per heavy atom. The van der Waals surface area contributed by atoms with Crippen LogP contribution in [0.1, 0.15) is 38.5 Å². The van der Waals surface area contributed by atoms with Gasteiger partial charge in [0.2, 0.25) is 11.5 Å². The fraction of sp³-hybridized carbons (Fsp3) is 0.875. The van der Waals surface area contributed by atoms with E-state index in [9.17, 15) is 9.70 Å². The van der Waals surface area contributed by atoms with E-state index >= 15 is 0 Å². The summed E-state index contributed by atoms with van der Waals surface area (Å²) in [5.41, 5.74) is 0. The Balaban J connectivity index is 0. The molecule has 5 heteroatoms. The average molecular weight is 198 g/mol. The van der Waals surface area contributed by atoms with Crippen LogP contribution in [0.3, 0.4) is 0 Å². The Labute approximate surface area is 101 Å². The molecule has 0 radical (unpaired) electrons. The maximum atomic E-state index is 10.0. The van der Waals surface area contributed by atoms with Crippen molar-refractivity contribution in [2.75, 3.05) is 6.54 Å². The van der Waals surface area contributed by atoms with Gasteiger partial charge in [-0.3, -0.25) is 0 Å². The Morgan fingerprint density at radius 1 is 1.08 bits per heavy atom. The normalized spacial score (nSPS) is 8.92. The molecule has 0 aromatic rings. The van der Waals surface area contributed by atoms with E-state index in [1.165, 1.54) is 0 Å². The standard InChI is InChI=1S/C8H16NO3.Na.H/c10-8-6-4-2-1-3-5-7-9(11)12;;/h8H,1-7H2,(H,11,12);;/q+1;;. The van der Waals surface area contributed by atoms with Crippen molar-refractivity contribution in [3.05, 3.63) is 4.91 Å². The van der Waals surface area contributed by atoms with Crippen LogP contribution < -0.4 is 0 Å². The number of hydrogen-bond donors (Lipinski definition) is 1. The number of carbonyl (C=O) groups excluding carboxylic acids is 1. The molecule has 0 aliphatic rings. The molecule has 0 aliphatic carbocycles. The van der Waals surface area contributed by atoms with E-state index in [4.69, 9.17) is 5.21 Å². The van der Waals surface area contributed by atoms with Gasteiger partial charge in [-0.25, -0.2) is 5.21 Å². The Morgan fingerprint density at radius 2 is 1.62 bits per heavy atom. The summed E-state index contributed by atoms with van der Waals surface area (Å²) < 4.78 is 0. The Hall–Kier alpha value is 0.0700. The molecule has 0 aromatic carbocycles. The molecule has 0 saturated heterocycles. The van der Waals surface area contributed by atoms with Crippen molar-refractivity contribution in [3.63, 3.8) is 0 Å². The van der Waals surface area contributed by atoms with Crippen LogP contribution in [0, 0.1) is 4.91 Å². The number of rotatable bonds is 8. The maximum absolute atomic E-state index is 10.0. The second-order valence-electron chi connectivity index (χ2n) is 2.80. The van der Waals surface area contributed by atoms with Gasteiger partial charge in [0.25, 0.3) is 0 Å². The Kier molecular flexibility index (Phi) is 14.4. The number of unbranched alkanes of at least 4 members (excludes halogenated alkanes) is 5. The van der Waals surface area contributed by atoms with E-state index in [0.29, 0.717) is 6.42 Å². The van der Waals surface area contributed by atoms with E-state index in [0.717, 1.165) is 38.4 Å². The van der Waals surface area contributed by atoms with Gasteiger partial charge in [-0.15, -0.1) is 0 Å². The molecule has 13 heavy (non-hydrogen) atoms. The quantitative estimate of drug-likeness (QED) is 0.274. The van der Waals surface area contributed by atoms with Gasteiger partial charge in [-0.05, 0) is 12.8 Å². The van der Waals surface area contributed by atoms with Gasteiger partial charge in [0.15, 0.2) is 0 Å². The third-order valence-electron chi connectivity index (χ3n) is 1.67. The topological polar surface area (TPSA) is 57.4 Å². The molecule has 0 heterocycles. The second kappa shape index (κ2) is 12.1. The summed E-state index contributed by atoms with van der Waals surface area (Å²) in [5, 5.41) is 8.22. The molecule has 4 nitrogen and oxygen atoms in total.